The Bertz CT molecular complexity index is 2050. The van der Waals surface area contributed by atoms with Crippen LogP contribution in [0.3, 0.4) is 0 Å². The van der Waals surface area contributed by atoms with E-state index in [2.05, 4.69) is 58.2 Å². The van der Waals surface area contributed by atoms with E-state index in [9.17, 15) is 14.4 Å². The highest BCUT2D eigenvalue weighted by atomic mass is 79.9. The van der Waals surface area contributed by atoms with Crippen LogP contribution in [0.15, 0.2) is 66.2 Å². The minimum atomic E-state index is -0.878. The summed E-state index contributed by atoms with van der Waals surface area (Å²) in [6.07, 6.45) is 7.26. The summed E-state index contributed by atoms with van der Waals surface area (Å²) in [7, 11) is 0. The van der Waals surface area contributed by atoms with E-state index in [1.54, 1.807) is 34.1 Å². The Morgan fingerprint density at radius 3 is 2.52 bits per heavy atom. The van der Waals surface area contributed by atoms with E-state index < -0.39 is 12.1 Å². The number of hydrogen-bond acceptors (Lipinski definition) is 9. The monoisotopic (exact) mass is 710 g/mol. The normalized spacial score (nSPS) is 17.6. The van der Waals surface area contributed by atoms with Gasteiger partial charge in [-0.15, -0.1) is 11.7 Å². The van der Waals surface area contributed by atoms with Crippen molar-refractivity contribution in [3.05, 3.63) is 89.0 Å². The number of aromatic nitrogens is 8. The van der Waals surface area contributed by atoms with Gasteiger partial charge in [-0.1, -0.05) is 23.4 Å². The van der Waals surface area contributed by atoms with Crippen molar-refractivity contribution in [3.63, 3.8) is 0 Å². The molecule has 0 saturated carbocycles. The third-order valence-corrected chi connectivity index (χ3v) is 9.05. The average molecular weight is 712 g/mol. The second-order valence-electron chi connectivity index (χ2n) is 12.2. The number of hydrogen-bond donors (Lipinski definition) is 1. The first-order chi connectivity index (χ1) is 22.9. The summed E-state index contributed by atoms with van der Waals surface area (Å²) in [5.41, 5.74) is 3.88. The maximum absolute atomic E-state index is 14.4. The molecule has 1 N–H and O–H groups in total. The number of carbonyl (C=O) groups excluding carboxylic acids is 3. The van der Waals surface area contributed by atoms with E-state index in [4.69, 9.17) is 0 Å². The van der Waals surface area contributed by atoms with Gasteiger partial charge in [-0.3, -0.25) is 19.1 Å². The van der Waals surface area contributed by atoms with Crippen molar-refractivity contribution in [2.45, 2.75) is 71.6 Å². The maximum Gasteiger partial charge on any atom is 0.248 e. The number of Topliss-reactive ketones (excluding diaryl/α,β-unsaturated/α-hetero) is 1. The largest absolute Gasteiger partial charge is 0.322 e. The van der Waals surface area contributed by atoms with Gasteiger partial charge in [-0.25, -0.2) is 19.6 Å². The molecular formula is C34H35BrN10O3. The Labute approximate surface area is 285 Å². The van der Waals surface area contributed by atoms with Crippen LogP contribution in [0.2, 0.25) is 0 Å². The van der Waals surface area contributed by atoms with E-state index in [0.29, 0.717) is 39.3 Å². The number of likely N-dealkylation sites (tertiary alicyclic amines) is 1. The first-order valence-corrected chi connectivity index (χ1v) is 16.3. The highest BCUT2D eigenvalue weighted by Gasteiger charge is 2.47. The molecule has 0 radical (unpaired) electrons. The zero-order valence-corrected chi connectivity index (χ0v) is 28.8. The van der Waals surface area contributed by atoms with Crippen molar-refractivity contribution >= 4 is 50.2 Å². The van der Waals surface area contributed by atoms with Gasteiger partial charge in [0.1, 0.15) is 34.5 Å². The molecule has 1 saturated heterocycles. The smallest absolute Gasteiger partial charge is 0.248 e. The van der Waals surface area contributed by atoms with Crippen LogP contribution in [0.1, 0.15) is 66.7 Å². The molecule has 5 aromatic rings. The highest BCUT2D eigenvalue weighted by molar-refractivity contribution is 9.10. The predicted molar refractivity (Wildman–Crippen MR) is 183 cm³/mol. The van der Waals surface area contributed by atoms with Crippen molar-refractivity contribution in [1.29, 1.82) is 0 Å². The minimum Gasteiger partial charge on any atom is -0.322 e. The molecule has 3 atom stereocenters. The fraction of sp³-hybridized carbons (Fsp3) is 0.324. The van der Waals surface area contributed by atoms with Gasteiger partial charge in [0.15, 0.2) is 5.78 Å². The Morgan fingerprint density at radius 2 is 1.85 bits per heavy atom. The number of anilines is 1. The number of rotatable bonds is 9. The summed E-state index contributed by atoms with van der Waals surface area (Å²) >= 11 is 3.37. The molecule has 0 bridgehead atoms. The lowest BCUT2D eigenvalue weighted by Gasteiger charge is -2.29. The minimum absolute atomic E-state index is 0.0832. The molecular weight excluding hydrogens is 676 g/mol. The summed E-state index contributed by atoms with van der Waals surface area (Å²) in [5, 5.41) is 16.8. The van der Waals surface area contributed by atoms with Crippen LogP contribution in [0.25, 0.3) is 22.0 Å². The van der Waals surface area contributed by atoms with E-state index in [1.807, 2.05) is 58.2 Å². The number of carbonyl (C=O) groups is 3. The molecule has 0 unspecified atom stereocenters. The van der Waals surface area contributed by atoms with Gasteiger partial charge < -0.3 is 10.2 Å². The van der Waals surface area contributed by atoms with Crippen LogP contribution in [-0.4, -0.2) is 74.3 Å². The first kappa shape index (κ1) is 32.8. The first-order valence-electron chi connectivity index (χ1n) is 15.5. The van der Waals surface area contributed by atoms with Crippen LogP contribution >= 0.6 is 15.9 Å². The summed E-state index contributed by atoms with van der Waals surface area (Å²) in [6, 6.07) is 7.83. The van der Waals surface area contributed by atoms with Gasteiger partial charge in [-0.05, 0) is 79.4 Å². The van der Waals surface area contributed by atoms with Crippen molar-refractivity contribution in [1.82, 2.24) is 44.6 Å². The standard InChI is InChI=1S/C34H35BrN10O3/c1-7-27-24(26-16-43(18(2)3)42-40-26)13-29(34(48)39-33-19(4)8-11-30(35)38-33)45(27)31(47)17-44-28-10-9-22(23-14-36-21(6)37-15-23)12-25(28)32(41-44)20(5)46/h7-12,14-16,18,24,27,29H,1,13,17H2,2-6H3,(H,38,39,48)/t24-,27-,29+/m1/s1. The SMILES string of the molecule is C=C[C@@H]1[C@@H](c2cn(C(C)C)nn2)C[C@@H](C(=O)Nc2nc(Br)ccc2C)N1C(=O)Cn1nc(C(C)=O)c2cc(-c3cnc(C)nc3)ccc21. The van der Waals surface area contributed by atoms with Gasteiger partial charge in [-0.2, -0.15) is 5.10 Å². The zero-order chi connectivity index (χ0) is 34.3. The molecule has 1 aromatic carbocycles. The molecule has 0 aliphatic carbocycles. The number of amides is 2. The Kier molecular flexibility index (Phi) is 9.01. The number of benzene rings is 1. The van der Waals surface area contributed by atoms with Crippen molar-refractivity contribution in [2.75, 3.05) is 5.32 Å². The third kappa shape index (κ3) is 6.27. The molecule has 1 fully saturated rings. The molecule has 1 aliphatic heterocycles. The Balaban J connectivity index is 1.37. The molecule has 14 heteroatoms. The van der Waals surface area contributed by atoms with Crippen LogP contribution in [0.5, 0.6) is 0 Å². The topological polar surface area (TPSA) is 154 Å². The fourth-order valence-electron chi connectivity index (χ4n) is 6.08. The van der Waals surface area contributed by atoms with Gasteiger partial charge in [0.05, 0.1) is 17.3 Å². The Morgan fingerprint density at radius 1 is 1.10 bits per heavy atom. The second kappa shape index (κ2) is 13.2. The van der Waals surface area contributed by atoms with E-state index in [-0.39, 0.29) is 41.8 Å². The predicted octanol–water partition coefficient (Wildman–Crippen LogP) is 5.22. The van der Waals surface area contributed by atoms with Crippen molar-refractivity contribution in [2.24, 2.45) is 0 Å². The molecule has 246 valence electrons. The van der Waals surface area contributed by atoms with E-state index in [0.717, 1.165) is 16.7 Å². The quantitative estimate of drug-likeness (QED) is 0.123. The van der Waals surface area contributed by atoms with Crippen molar-refractivity contribution in [3.8, 4) is 11.1 Å². The number of ketones is 1. The molecule has 13 nitrogen and oxygen atoms in total. The fourth-order valence-corrected chi connectivity index (χ4v) is 6.39. The summed E-state index contributed by atoms with van der Waals surface area (Å²) in [5.74, 6) is -0.290. The number of nitrogens with zero attached hydrogens (tertiary/aromatic N) is 9. The molecule has 5 heterocycles. The van der Waals surface area contributed by atoms with Gasteiger partial charge in [0.25, 0.3) is 0 Å². The average Bonchev–Trinajstić information content (AvgIpc) is 3.79. The van der Waals surface area contributed by atoms with E-state index in [1.165, 1.54) is 11.6 Å². The number of pyridine rings is 1. The maximum atomic E-state index is 14.4. The van der Waals surface area contributed by atoms with Gasteiger partial charge >= 0.3 is 0 Å². The highest BCUT2D eigenvalue weighted by Crippen LogP contribution is 2.39. The van der Waals surface area contributed by atoms with E-state index >= 15 is 0 Å². The lowest BCUT2D eigenvalue weighted by atomic mass is 9.95. The molecule has 0 spiro atoms. The van der Waals surface area contributed by atoms with Crippen LogP contribution in [0.4, 0.5) is 5.82 Å². The number of aryl methyl sites for hydroxylation is 2. The second-order valence-corrected chi connectivity index (χ2v) is 13.0. The molecule has 6 rings (SSSR count). The van der Waals surface area contributed by atoms with Gasteiger partial charge in [0.2, 0.25) is 11.8 Å². The zero-order valence-electron chi connectivity index (χ0n) is 27.3. The summed E-state index contributed by atoms with van der Waals surface area (Å²) in [6.45, 7) is 12.9. The van der Waals surface area contributed by atoms with Crippen molar-refractivity contribution < 1.29 is 14.4 Å². The number of halogens is 1. The molecule has 1 aliphatic rings. The van der Waals surface area contributed by atoms with Crippen LogP contribution in [0, 0.1) is 13.8 Å². The van der Waals surface area contributed by atoms with Gasteiger partial charge in [0, 0.05) is 48.4 Å². The number of fused-ring (bicyclic) bond motifs is 1. The number of nitrogens with one attached hydrogen (secondary N) is 1. The lowest BCUT2D eigenvalue weighted by Crippen LogP contribution is -2.48. The molecule has 4 aromatic heterocycles. The van der Waals surface area contributed by atoms with Crippen LogP contribution < -0.4 is 5.32 Å². The molecule has 48 heavy (non-hydrogen) atoms. The molecule has 2 amide bonds. The summed E-state index contributed by atoms with van der Waals surface area (Å²) in [4.78, 5) is 55.6. The lowest BCUT2D eigenvalue weighted by molar-refractivity contribution is -0.138. The van der Waals surface area contributed by atoms with Crippen LogP contribution in [-0.2, 0) is 16.1 Å². The summed E-state index contributed by atoms with van der Waals surface area (Å²) < 4.78 is 3.83. The Hall–Kier alpha value is -5.11. The third-order valence-electron chi connectivity index (χ3n) is 8.60.